The Balaban J connectivity index is 1.19. The second kappa shape index (κ2) is 13.5. The summed E-state index contributed by atoms with van der Waals surface area (Å²) < 4.78 is 5.40. The molecule has 1 aliphatic heterocycles. The number of fused-ring (bicyclic) bond motifs is 1. The number of H-pyrrole nitrogens is 1. The van der Waals surface area contributed by atoms with E-state index in [0.717, 1.165) is 89.4 Å². The van der Waals surface area contributed by atoms with Crippen molar-refractivity contribution in [1.29, 1.82) is 0 Å². The first-order valence-corrected chi connectivity index (χ1v) is 13.6. The van der Waals surface area contributed by atoms with Gasteiger partial charge in [0.25, 0.3) is 0 Å². The maximum atomic E-state index is 13.1. The number of aromatic amines is 1. The lowest BCUT2D eigenvalue weighted by molar-refractivity contribution is -0.119. The van der Waals surface area contributed by atoms with Crippen LogP contribution in [0, 0.1) is 0 Å². The van der Waals surface area contributed by atoms with E-state index in [1.54, 1.807) is 7.11 Å². The van der Waals surface area contributed by atoms with Crippen LogP contribution in [0.1, 0.15) is 44.6 Å². The number of carbonyl (C=O) groups is 1. The summed E-state index contributed by atoms with van der Waals surface area (Å²) in [6.07, 6.45) is 8.32. The molecular formula is C30H42N4O2. The third-order valence-electron chi connectivity index (χ3n) is 7.36. The number of amides is 1. The molecule has 36 heavy (non-hydrogen) atoms. The monoisotopic (exact) mass is 490 g/mol. The van der Waals surface area contributed by atoms with Crippen LogP contribution in [0.15, 0.2) is 54.7 Å². The first-order chi connectivity index (χ1) is 17.7. The molecule has 1 amide bonds. The number of benzene rings is 2. The minimum Gasteiger partial charge on any atom is -0.497 e. The Bertz CT molecular complexity index is 1070. The van der Waals surface area contributed by atoms with Crippen LogP contribution in [0.4, 0.5) is 5.69 Å². The van der Waals surface area contributed by atoms with E-state index >= 15 is 0 Å². The number of piperazine rings is 1. The Hall–Kier alpha value is -2.83. The van der Waals surface area contributed by atoms with E-state index in [2.05, 4.69) is 52.2 Å². The number of nitrogens with one attached hydrogen (secondary N) is 1. The van der Waals surface area contributed by atoms with Gasteiger partial charge in [0.15, 0.2) is 0 Å². The van der Waals surface area contributed by atoms with Crippen LogP contribution >= 0.6 is 0 Å². The van der Waals surface area contributed by atoms with Gasteiger partial charge in [0, 0.05) is 68.5 Å². The Labute approximate surface area is 216 Å². The minimum absolute atomic E-state index is 0.245. The summed E-state index contributed by atoms with van der Waals surface area (Å²) in [5.41, 5.74) is 3.56. The molecule has 6 nitrogen and oxygen atoms in total. The zero-order valence-corrected chi connectivity index (χ0v) is 22.0. The molecule has 1 saturated heterocycles. The number of anilines is 1. The average molecular weight is 491 g/mol. The van der Waals surface area contributed by atoms with Crippen LogP contribution in [0.2, 0.25) is 0 Å². The lowest BCUT2D eigenvalue weighted by Crippen LogP contribution is -2.47. The van der Waals surface area contributed by atoms with Crippen molar-refractivity contribution in [3.05, 3.63) is 60.3 Å². The number of rotatable bonds is 13. The summed E-state index contributed by atoms with van der Waals surface area (Å²) in [6, 6.07) is 16.4. The molecule has 2 aromatic carbocycles. The van der Waals surface area contributed by atoms with Crippen molar-refractivity contribution in [3.63, 3.8) is 0 Å². The summed E-state index contributed by atoms with van der Waals surface area (Å²) in [7, 11) is 1.72. The smallest absolute Gasteiger partial charge is 0.228 e. The minimum atomic E-state index is 0.245. The van der Waals surface area contributed by atoms with E-state index in [-0.39, 0.29) is 5.91 Å². The average Bonchev–Trinajstić information content (AvgIpc) is 3.33. The second-order valence-corrected chi connectivity index (χ2v) is 9.85. The number of hydrogen-bond donors (Lipinski definition) is 1. The maximum absolute atomic E-state index is 13.1. The van der Waals surface area contributed by atoms with Gasteiger partial charge in [0.1, 0.15) is 5.75 Å². The van der Waals surface area contributed by atoms with E-state index in [1.807, 2.05) is 29.2 Å². The van der Waals surface area contributed by atoms with Crippen LogP contribution in [0.25, 0.3) is 10.9 Å². The third kappa shape index (κ3) is 7.11. The number of hydrogen-bond acceptors (Lipinski definition) is 4. The van der Waals surface area contributed by atoms with Crippen molar-refractivity contribution < 1.29 is 9.53 Å². The van der Waals surface area contributed by atoms with Gasteiger partial charge in [-0.3, -0.25) is 4.79 Å². The molecule has 0 radical (unpaired) electrons. The van der Waals surface area contributed by atoms with Gasteiger partial charge >= 0.3 is 0 Å². The Kier molecular flexibility index (Phi) is 9.82. The van der Waals surface area contributed by atoms with Crippen molar-refractivity contribution in [2.75, 3.05) is 57.8 Å². The van der Waals surface area contributed by atoms with Crippen LogP contribution < -0.4 is 9.64 Å². The van der Waals surface area contributed by atoms with Gasteiger partial charge in [-0.1, -0.05) is 38.0 Å². The maximum Gasteiger partial charge on any atom is 0.228 e. The summed E-state index contributed by atoms with van der Waals surface area (Å²) in [5, 5.41) is 1.27. The molecule has 0 atom stereocenters. The summed E-state index contributed by atoms with van der Waals surface area (Å²) in [4.78, 5) is 23.5. The topological polar surface area (TPSA) is 51.8 Å². The zero-order chi connectivity index (χ0) is 25.2. The first-order valence-electron chi connectivity index (χ1n) is 13.6. The number of unbranched alkanes of at least 4 members (excludes halogenated alkanes) is 2. The van der Waals surface area contributed by atoms with E-state index in [4.69, 9.17) is 4.74 Å². The lowest BCUT2D eigenvalue weighted by Gasteiger charge is -2.35. The van der Waals surface area contributed by atoms with Crippen LogP contribution in [-0.4, -0.2) is 73.6 Å². The lowest BCUT2D eigenvalue weighted by atomic mass is 10.1. The van der Waals surface area contributed by atoms with E-state index < -0.39 is 0 Å². The third-order valence-corrected chi connectivity index (χ3v) is 7.36. The van der Waals surface area contributed by atoms with Crippen molar-refractivity contribution in [1.82, 2.24) is 14.8 Å². The molecule has 1 aromatic heterocycles. The fraction of sp³-hybridized carbons (Fsp3) is 0.500. The van der Waals surface area contributed by atoms with Gasteiger partial charge in [-0.2, -0.15) is 0 Å². The molecule has 0 unspecified atom stereocenters. The molecule has 1 fully saturated rings. The highest BCUT2D eigenvalue weighted by atomic mass is 16.5. The number of nitrogens with zero attached hydrogens (tertiary/aromatic N) is 3. The molecule has 0 saturated carbocycles. The number of para-hydroxylation sites is 1. The van der Waals surface area contributed by atoms with Gasteiger partial charge in [-0.25, -0.2) is 0 Å². The number of carbonyl (C=O) groups excluding carboxylic acids is 1. The highest BCUT2D eigenvalue weighted by molar-refractivity contribution is 5.93. The Morgan fingerprint density at radius 3 is 2.44 bits per heavy atom. The predicted molar refractivity (Wildman–Crippen MR) is 149 cm³/mol. The predicted octanol–water partition coefficient (Wildman–Crippen LogP) is 5.34. The molecule has 4 rings (SSSR count). The van der Waals surface area contributed by atoms with E-state index in [0.29, 0.717) is 6.42 Å². The molecule has 0 bridgehead atoms. The van der Waals surface area contributed by atoms with Gasteiger partial charge in [-0.05, 0) is 61.7 Å². The van der Waals surface area contributed by atoms with Crippen LogP contribution in [0.3, 0.4) is 0 Å². The fourth-order valence-electron chi connectivity index (χ4n) is 5.14. The van der Waals surface area contributed by atoms with Gasteiger partial charge < -0.3 is 24.4 Å². The zero-order valence-electron chi connectivity index (χ0n) is 22.0. The number of aromatic nitrogens is 1. The van der Waals surface area contributed by atoms with Gasteiger partial charge in [-0.15, -0.1) is 0 Å². The molecule has 6 heteroatoms. The molecule has 0 aliphatic carbocycles. The van der Waals surface area contributed by atoms with Crippen molar-refractivity contribution in [3.8, 4) is 5.75 Å². The second-order valence-electron chi connectivity index (χ2n) is 9.85. The van der Waals surface area contributed by atoms with Crippen molar-refractivity contribution in [2.45, 2.75) is 45.4 Å². The molecule has 194 valence electrons. The molecule has 1 N–H and O–H groups in total. The number of ether oxygens (including phenoxy) is 1. The first kappa shape index (κ1) is 26.2. The highest BCUT2D eigenvalue weighted by Gasteiger charge is 2.20. The molecule has 3 aromatic rings. The molecule has 1 aliphatic rings. The van der Waals surface area contributed by atoms with Crippen molar-refractivity contribution >= 4 is 22.5 Å². The highest BCUT2D eigenvalue weighted by Crippen LogP contribution is 2.24. The normalized spacial score (nSPS) is 14.8. The summed E-state index contributed by atoms with van der Waals surface area (Å²) in [6.45, 7) is 9.21. The largest absolute Gasteiger partial charge is 0.497 e. The standard InChI is InChI=1S/C30H42N4O2/c1-3-4-8-17-34(26-11-6-5-7-12-26)30(35)15-18-33-21-19-32(20-22-33)16-9-10-25-24-31-29-14-13-27(36-2)23-28(25)29/h5-7,11-14,23-24,31H,3-4,8-10,15-22H2,1-2H3. The molecule has 2 heterocycles. The molecule has 0 spiro atoms. The summed E-state index contributed by atoms with van der Waals surface area (Å²) >= 11 is 0. The van der Waals surface area contributed by atoms with Crippen LogP contribution in [-0.2, 0) is 11.2 Å². The van der Waals surface area contributed by atoms with Gasteiger partial charge in [0.05, 0.1) is 7.11 Å². The SMILES string of the molecule is CCCCCN(C(=O)CCN1CCN(CCCc2c[nH]c3ccc(OC)cc23)CC1)c1ccccc1. The van der Waals surface area contributed by atoms with Crippen LogP contribution in [0.5, 0.6) is 5.75 Å². The van der Waals surface area contributed by atoms with Gasteiger partial charge in [0.2, 0.25) is 5.91 Å². The van der Waals surface area contributed by atoms with Crippen molar-refractivity contribution in [2.24, 2.45) is 0 Å². The van der Waals surface area contributed by atoms with E-state index in [1.165, 1.54) is 16.5 Å². The fourth-order valence-corrected chi connectivity index (χ4v) is 5.14. The Morgan fingerprint density at radius 2 is 1.72 bits per heavy atom. The van der Waals surface area contributed by atoms with E-state index in [9.17, 15) is 4.79 Å². The summed E-state index contributed by atoms with van der Waals surface area (Å²) in [5.74, 6) is 1.15. The molecular weight excluding hydrogens is 448 g/mol. The quantitative estimate of drug-likeness (QED) is 0.329. The number of aryl methyl sites for hydroxylation is 1. The number of methoxy groups -OCH3 is 1. The Morgan fingerprint density at radius 1 is 0.972 bits per heavy atom.